The summed E-state index contributed by atoms with van der Waals surface area (Å²) in [6, 6.07) is 10.6. The summed E-state index contributed by atoms with van der Waals surface area (Å²) in [6.45, 7) is 5.89. The van der Waals surface area contributed by atoms with Gasteiger partial charge >= 0.3 is 0 Å². The Kier molecular flexibility index (Phi) is 7.51. The first-order chi connectivity index (χ1) is 19.1. The maximum absolute atomic E-state index is 13.9. The third-order valence-electron chi connectivity index (χ3n) is 6.80. The van der Waals surface area contributed by atoms with E-state index in [9.17, 15) is 13.5 Å². The predicted molar refractivity (Wildman–Crippen MR) is 148 cm³/mol. The normalized spacial score (nSPS) is 17.7. The van der Waals surface area contributed by atoms with Crippen molar-refractivity contribution in [1.29, 1.82) is 0 Å². The van der Waals surface area contributed by atoms with Gasteiger partial charge in [-0.2, -0.15) is 0 Å². The average Bonchev–Trinajstić information content (AvgIpc) is 3.52. The zero-order valence-electron chi connectivity index (χ0n) is 23.0. The molecule has 212 valence electrons. The molecule has 4 aromatic rings. The lowest BCUT2D eigenvalue weighted by atomic mass is 10.1. The van der Waals surface area contributed by atoms with Gasteiger partial charge in [-0.05, 0) is 57.5 Å². The number of nitrogens with zero attached hydrogens (tertiary/aromatic N) is 6. The van der Waals surface area contributed by atoms with Gasteiger partial charge in [0.05, 0.1) is 25.6 Å². The van der Waals surface area contributed by atoms with Gasteiger partial charge in [0, 0.05) is 24.5 Å². The zero-order chi connectivity index (χ0) is 28.6. The van der Waals surface area contributed by atoms with E-state index in [2.05, 4.69) is 20.2 Å². The number of aliphatic hydroxyl groups excluding tert-OH is 1. The Labute approximate surface area is 232 Å². The highest BCUT2D eigenvalue weighted by atomic mass is 32.2. The first-order valence-electron chi connectivity index (χ1n) is 12.8. The highest BCUT2D eigenvalue weighted by molar-refractivity contribution is 7.91. The Morgan fingerprint density at radius 2 is 1.68 bits per heavy atom. The van der Waals surface area contributed by atoms with Crippen molar-refractivity contribution in [3.63, 3.8) is 0 Å². The van der Waals surface area contributed by atoms with Crippen molar-refractivity contribution in [3.8, 4) is 28.8 Å². The summed E-state index contributed by atoms with van der Waals surface area (Å²) in [5, 5.41) is 18.4. The molecule has 1 aliphatic rings. The van der Waals surface area contributed by atoms with Gasteiger partial charge in [0.15, 0.2) is 21.4 Å². The van der Waals surface area contributed by atoms with E-state index in [-0.39, 0.29) is 25.3 Å². The highest BCUT2D eigenvalue weighted by Gasteiger charge is 2.37. The Balaban J connectivity index is 1.56. The molecule has 0 radical (unpaired) electrons. The third kappa shape index (κ3) is 5.39. The van der Waals surface area contributed by atoms with Crippen molar-refractivity contribution >= 4 is 15.8 Å². The Morgan fingerprint density at radius 1 is 1.00 bits per heavy atom. The van der Waals surface area contributed by atoms with Crippen molar-refractivity contribution in [2.24, 2.45) is 0 Å². The first-order valence-corrected chi connectivity index (χ1v) is 14.5. The number of ether oxygens (including phenoxy) is 2. The largest absolute Gasteiger partial charge is 0.494 e. The number of hydrogen-bond donors (Lipinski definition) is 1. The first kappa shape index (κ1) is 27.6. The molecule has 12 nitrogen and oxygen atoms in total. The third-order valence-corrected chi connectivity index (χ3v) is 8.82. The lowest BCUT2D eigenvalue weighted by Gasteiger charge is -2.35. The van der Waals surface area contributed by atoms with Crippen LogP contribution in [0.5, 0.6) is 11.5 Å². The second-order valence-corrected chi connectivity index (χ2v) is 12.2. The maximum atomic E-state index is 13.9. The number of hydrogen-bond acceptors (Lipinski definition) is 11. The molecule has 0 spiro atoms. The van der Waals surface area contributed by atoms with Crippen LogP contribution in [0, 0.1) is 20.8 Å². The van der Waals surface area contributed by atoms with Crippen LogP contribution in [-0.2, 0) is 15.6 Å². The lowest BCUT2D eigenvalue weighted by Crippen LogP contribution is -2.49. The molecule has 1 aliphatic heterocycles. The summed E-state index contributed by atoms with van der Waals surface area (Å²) >= 11 is 0. The molecule has 1 N–H and O–H groups in total. The number of piperidine rings is 1. The molecule has 2 atom stereocenters. The van der Waals surface area contributed by atoms with Crippen LogP contribution in [0.25, 0.3) is 17.3 Å². The van der Waals surface area contributed by atoms with Crippen LogP contribution in [0.15, 0.2) is 40.8 Å². The monoisotopic (exact) mass is 568 g/mol. The second-order valence-electron chi connectivity index (χ2n) is 9.87. The summed E-state index contributed by atoms with van der Waals surface area (Å²) in [5.41, 5.74) is 1.98. The van der Waals surface area contributed by atoms with E-state index in [4.69, 9.17) is 13.9 Å². The molecule has 0 amide bonds. The molecule has 40 heavy (non-hydrogen) atoms. The summed E-state index contributed by atoms with van der Waals surface area (Å²) in [7, 11) is -0.823. The molecular weight excluding hydrogens is 536 g/mol. The van der Waals surface area contributed by atoms with Crippen LogP contribution in [-0.4, -0.2) is 76.9 Å². The summed E-state index contributed by atoms with van der Waals surface area (Å²) in [4.78, 5) is 10.7. The molecule has 0 saturated carbocycles. The van der Waals surface area contributed by atoms with E-state index in [1.54, 1.807) is 46.7 Å². The number of furan rings is 1. The van der Waals surface area contributed by atoms with Gasteiger partial charge in [0.1, 0.15) is 28.7 Å². The smallest absolute Gasteiger partial charge is 0.225 e. The number of rotatable bonds is 8. The Bertz CT molecular complexity index is 1590. The van der Waals surface area contributed by atoms with E-state index >= 15 is 0 Å². The number of methoxy groups -OCH3 is 2. The van der Waals surface area contributed by atoms with E-state index < -0.39 is 26.9 Å². The van der Waals surface area contributed by atoms with Gasteiger partial charge in [-0.15, -0.1) is 10.2 Å². The molecule has 3 aromatic heterocycles. The molecule has 4 heterocycles. The van der Waals surface area contributed by atoms with E-state index in [0.717, 1.165) is 11.4 Å². The Hall–Kier alpha value is -3.97. The molecule has 0 unspecified atom stereocenters. The fourth-order valence-electron chi connectivity index (χ4n) is 5.01. The van der Waals surface area contributed by atoms with Crippen LogP contribution in [0.2, 0.25) is 0 Å². The SMILES string of the molecule is COc1cccc(OC)c1-n1c(CS(=O)(=O)[C@H]2C[C@@H](O)CN(c3nc(C)cc(C)n3)C2)nnc1-c1ccc(C)o1. The number of aryl methyl sites for hydroxylation is 3. The zero-order valence-corrected chi connectivity index (χ0v) is 23.8. The standard InChI is InChI=1S/C27H32N6O6S/c1-16-11-17(2)29-27(28-16)32-13-19(34)12-20(14-32)40(35,36)15-24-30-31-26(23-10-9-18(3)39-23)33(24)25-21(37-4)7-6-8-22(25)38-5/h6-11,19-20,34H,12-15H2,1-5H3/t19-,20+/m1/s1. The van der Waals surface area contributed by atoms with Gasteiger partial charge in [-0.1, -0.05) is 6.07 Å². The molecule has 0 bridgehead atoms. The van der Waals surface area contributed by atoms with Crippen LogP contribution < -0.4 is 14.4 Å². The Morgan fingerprint density at radius 3 is 2.27 bits per heavy atom. The van der Waals surface area contributed by atoms with Crippen LogP contribution in [0.3, 0.4) is 0 Å². The summed E-state index contributed by atoms with van der Waals surface area (Å²) in [5.74, 6) is 2.36. The average molecular weight is 569 g/mol. The number of benzene rings is 1. The molecule has 13 heteroatoms. The number of sulfone groups is 1. The van der Waals surface area contributed by atoms with E-state index in [1.807, 2.05) is 19.9 Å². The predicted octanol–water partition coefficient (Wildman–Crippen LogP) is 2.81. The van der Waals surface area contributed by atoms with Crippen molar-refractivity contribution in [1.82, 2.24) is 24.7 Å². The van der Waals surface area contributed by atoms with Gasteiger partial charge in [0.2, 0.25) is 11.8 Å². The van der Waals surface area contributed by atoms with Gasteiger partial charge in [-0.25, -0.2) is 18.4 Å². The summed E-state index contributed by atoms with van der Waals surface area (Å²) < 4.78 is 46.5. The topological polar surface area (TPSA) is 146 Å². The molecule has 1 aromatic carbocycles. The summed E-state index contributed by atoms with van der Waals surface area (Å²) in [6.07, 6.45) is -0.785. The number of aromatic nitrogens is 5. The fraction of sp³-hybridized carbons (Fsp3) is 0.407. The van der Waals surface area contributed by atoms with Gasteiger partial charge < -0.3 is 23.9 Å². The second kappa shape index (κ2) is 10.9. The van der Waals surface area contributed by atoms with Crippen molar-refractivity contribution in [3.05, 3.63) is 59.4 Å². The van der Waals surface area contributed by atoms with Crippen molar-refractivity contribution in [2.75, 3.05) is 32.2 Å². The fourth-order valence-corrected chi connectivity index (χ4v) is 6.71. The van der Waals surface area contributed by atoms with Gasteiger partial charge in [-0.3, -0.25) is 4.57 Å². The number of para-hydroxylation sites is 1. The minimum Gasteiger partial charge on any atom is -0.494 e. The number of anilines is 1. The number of β-amino-alcohol motifs (C(OH)–C–C–N with tert-alkyl or cyclic N) is 1. The molecule has 0 aliphatic carbocycles. The minimum atomic E-state index is -3.86. The molecular formula is C27H32N6O6S. The van der Waals surface area contributed by atoms with Crippen LogP contribution in [0.1, 0.15) is 29.4 Å². The molecule has 1 fully saturated rings. The maximum Gasteiger partial charge on any atom is 0.225 e. The van der Waals surface area contributed by atoms with Crippen molar-refractivity contribution < 1.29 is 27.4 Å². The molecule has 1 saturated heterocycles. The van der Waals surface area contributed by atoms with Gasteiger partial charge in [0.25, 0.3) is 0 Å². The van der Waals surface area contributed by atoms with E-state index in [0.29, 0.717) is 40.5 Å². The lowest BCUT2D eigenvalue weighted by molar-refractivity contribution is 0.154. The van der Waals surface area contributed by atoms with Crippen LogP contribution in [0.4, 0.5) is 5.95 Å². The van der Waals surface area contributed by atoms with E-state index in [1.165, 1.54) is 14.2 Å². The quantitative estimate of drug-likeness (QED) is 0.335. The molecule has 5 rings (SSSR count). The highest BCUT2D eigenvalue weighted by Crippen LogP contribution is 2.37. The van der Waals surface area contributed by atoms with Crippen LogP contribution >= 0.6 is 0 Å². The minimum absolute atomic E-state index is 0.0833. The number of aliphatic hydroxyl groups is 1. The van der Waals surface area contributed by atoms with Crippen molar-refractivity contribution in [2.45, 2.75) is 44.3 Å².